The highest BCUT2D eigenvalue weighted by molar-refractivity contribution is 5.54. The smallest absolute Gasteiger partial charge is 0.231 e. The zero-order valence-corrected chi connectivity index (χ0v) is 13.8. The maximum atomic E-state index is 5.89. The summed E-state index contributed by atoms with van der Waals surface area (Å²) in [4.78, 5) is 13.1. The molecule has 0 aliphatic carbocycles. The second-order valence-electron chi connectivity index (χ2n) is 5.59. The van der Waals surface area contributed by atoms with Crippen LogP contribution in [0.4, 0.5) is 0 Å². The number of hydrogen-bond acceptors (Lipinski definition) is 6. The molecule has 3 aromatic rings. The van der Waals surface area contributed by atoms with E-state index < -0.39 is 0 Å². The van der Waals surface area contributed by atoms with Gasteiger partial charge in [-0.3, -0.25) is 4.98 Å². The summed E-state index contributed by atoms with van der Waals surface area (Å²) in [5, 5.41) is 0. The van der Waals surface area contributed by atoms with Gasteiger partial charge in [-0.15, -0.1) is 0 Å². The normalized spacial score (nSPS) is 12.2. The molecule has 0 fully saturated rings. The highest BCUT2D eigenvalue weighted by atomic mass is 16.7. The van der Waals surface area contributed by atoms with E-state index in [9.17, 15) is 0 Å². The van der Waals surface area contributed by atoms with Gasteiger partial charge in [0.25, 0.3) is 0 Å². The molecule has 0 unspecified atom stereocenters. The van der Waals surface area contributed by atoms with Crippen molar-refractivity contribution in [2.24, 2.45) is 0 Å². The van der Waals surface area contributed by atoms with Crippen molar-refractivity contribution in [2.45, 2.75) is 20.0 Å². The predicted molar refractivity (Wildman–Crippen MR) is 91.5 cm³/mol. The monoisotopic (exact) mass is 335 g/mol. The minimum absolute atomic E-state index is 0.265. The number of aryl methyl sites for hydroxylation is 1. The molecule has 126 valence electrons. The van der Waals surface area contributed by atoms with Crippen molar-refractivity contribution in [3.8, 4) is 28.8 Å². The maximum Gasteiger partial charge on any atom is 0.231 e. The number of hydrogen-bond donors (Lipinski definition) is 0. The molecular formula is C19H17N3O3. The summed E-state index contributed by atoms with van der Waals surface area (Å²) >= 11 is 0. The van der Waals surface area contributed by atoms with Gasteiger partial charge in [0.2, 0.25) is 12.7 Å². The Kier molecular flexibility index (Phi) is 4.16. The lowest BCUT2D eigenvalue weighted by molar-refractivity contribution is 0.174. The minimum atomic E-state index is 0.265. The summed E-state index contributed by atoms with van der Waals surface area (Å²) in [6.07, 6.45) is 4.26. The van der Waals surface area contributed by atoms with Crippen LogP contribution in [0, 0.1) is 0 Å². The van der Waals surface area contributed by atoms with E-state index in [1.54, 1.807) is 12.4 Å². The van der Waals surface area contributed by atoms with Gasteiger partial charge in [0.05, 0.1) is 0 Å². The van der Waals surface area contributed by atoms with E-state index in [1.807, 2.05) is 36.4 Å². The molecule has 0 atom stereocenters. The van der Waals surface area contributed by atoms with E-state index in [0.717, 1.165) is 34.7 Å². The van der Waals surface area contributed by atoms with Crippen LogP contribution >= 0.6 is 0 Å². The van der Waals surface area contributed by atoms with Gasteiger partial charge in [0, 0.05) is 29.7 Å². The third-order valence-electron chi connectivity index (χ3n) is 3.88. The van der Waals surface area contributed by atoms with Gasteiger partial charge in [-0.25, -0.2) is 4.98 Å². The van der Waals surface area contributed by atoms with Gasteiger partial charge in [0.1, 0.15) is 6.61 Å². The number of aromatic nitrogens is 3. The van der Waals surface area contributed by atoms with Crippen LogP contribution in [-0.2, 0) is 13.0 Å². The molecule has 0 amide bonds. The van der Waals surface area contributed by atoms with E-state index in [4.69, 9.17) is 14.2 Å². The molecule has 6 heteroatoms. The molecule has 1 aliphatic rings. The average Bonchev–Trinajstić information content (AvgIpc) is 3.14. The molecule has 6 nitrogen and oxygen atoms in total. The lowest BCUT2D eigenvalue weighted by atomic mass is 10.2. The summed E-state index contributed by atoms with van der Waals surface area (Å²) < 4.78 is 16.6. The number of benzene rings is 1. The Morgan fingerprint density at radius 1 is 1.00 bits per heavy atom. The molecule has 1 aromatic carbocycles. The van der Waals surface area contributed by atoms with Gasteiger partial charge in [-0.2, -0.15) is 4.98 Å². The first-order valence-corrected chi connectivity index (χ1v) is 8.11. The summed E-state index contributed by atoms with van der Waals surface area (Å²) in [7, 11) is 0. The van der Waals surface area contributed by atoms with E-state index in [0.29, 0.717) is 18.3 Å². The van der Waals surface area contributed by atoms with E-state index in [2.05, 4.69) is 21.9 Å². The first kappa shape index (κ1) is 15.4. The molecule has 4 rings (SSSR count). The lowest BCUT2D eigenvalue weighted by Gasteiger charge is -2.09. The molecule has 0 saturated heterocycles. The fourth-order valence-corrected chi connectivity index (χ4v) is 2.55. The van der Waals surface area contributed by atoms with Gasteiger partial charge in [0.15, 0.2) is 17.3 Å². The van der Waals surface area contributed by atoms with Crippen LogP contribution in [0.25, 0.3) is 11.4 Å². The van der Waals surface area contributed by atoms with Crippen molar-refractivity contribution in [2.75, 3.05) is 6.79 Å². The molecule has 0 radical (unpaired) electrons. The Labute approximate surface area is 145 Å². The van der Waals surface area contributed by atoms with Crippen LogP contribution in [-0.4, -0.2) is 21.7 Å². The molecule has 0 spiro atoms. The maximum absolute atomic E-state index is 5.89. The van der Waals surface area contributed by atoms with Crippen molar-refractivity contribution in [3.05, 3.63) is 60.0 Å². The Bertz CT molecular complexity index is 884. The number of ether oxygens (including phenoxy) is 3. The van der Waals surface area contributed by atoms with E-state index in [-0.39, 0.29) is 6.79 Å². The van der Waals surface area contributed by atoms with Crippen LogP contribution < -0.4 is 14.2 Å². The Morgan fingerprint density at radius 3 is 2.68 bits per heavy atom. The summed E-state index contributed by atoms with van der Waals surface area (Å²) in [6.45, 7) is 2.72. The molecule has 0 N–H and O–H groups in total. The molecule has 0 bridgehead atoms. The summed E-state index contributed by atoms with van der Waals surface area (Å²) in [6, 6.07) is 11.4. The molecular weight excluding hydrogens is 318 g/mol. The van der Waals surface area contributed by atoms with Gasteiger partial charge in [-0.05, 0) is 36.2 Å². The number of pyridine rings is 1. The summed E-state index contributed by atoms with van der Waals surface area (Å²) in [5.74, 6) is 2.70. The van der Waals surface area contributed by atoms with Crippen molar-refractivity contribution < 1.29 is 14.2 Å². The third-order valence-corrected chi connectivity index (χ3v) is 3.88. The highest BCUT2D eigenvalue weighted by Crippen LogP contribution is 2.32. The SMILES string of the molecule is CCc1cc(OCc2ccc3c(c2)OCO3)nc(-c2ccncc2)n1. The van der Waals surface area contributed by atoms with Crippen molar-refractivity contribution >= 4 is 0 Å². The third kappa shape index (κ3) is 3.38. The number of nitrogens with zero attached hydrogens (tertiary/aromatic N) is 3. The first-order valence-electron chi connectivity index (χ1n) is 8.11. The number of rotatable bonds is 5. The Balaban J connectivity index is 1.55. The fraction of sp³-hybridized carbons (Fsp3) is 0.211. The second kappa shape index (κ2) is 6.76. The minimum Gasteiger partial charge on any atom is -0.473 e. The highest BCUT2D eigenvalue weighted by Gasteiger charge is 2.14. The van der Waals surface area contributed by atoms with Crippen LogP contribution in [0.5, 0.6) is 17.4 Å². The standard InChI is InChI=1S/C19H17N3O3/c1-2-15-10-18(22-19(21-15)14-5-7-20-8-6-14)23-11-13-3-4-16-17(9-13)25-12-24-16/h3-10H,2,11-12H2,1H3. The topological polar surface area (TPSA) is 66.4 Å². The first-order chi connectivity index (χ1) is 12.3. The zero-order valence-electron chi connectivity index (χ0n) is 13.8. The lowest BCUT2D eigenvalue weighted by Crippen LogP contribution is -2.02. The molecule has 25 heavy (non-hydrogen) atoms. The quantitative estimate of drug-likeness (QED) is 0.712. The molecule has 1 aliphatic heterocycles. The van der Waals surface area contributed by atoms with Crippen LogP contribution in [0.2, 0.25) is 0 Å². The zero-order chi connectivity index (χ0) is 17.1. The molecule has 2 aromatic heterocycles. The Morgan fingerprint density at radius 2 is 1.84 bits per heavy atom. The van der Waals surface area contributed by atoms with Gasteiger partial charge < -0.3 is 14.2 Å². The van der Waals surface area contributed by atoms with Crippen molar-refractivity contribution in [1.29, 1.82) is 0 Å². The average molecular weight is 335 g/mol. The molecule has 0 saturated carbocycles. The van der Waals surface area contributed by atoms with Crippen molar-refractivity contribution in [1.82, 2.24) is 15.0 Å². The van der Waals surface area contributed by atoms with Crippen LogP contribution in [0.3, 0.4) is 0 Å². The summed E-state index contributed by atoms with van der Waals surface area (Å²) in [5.41, 5.74) is 2.84. The van der Waals surface area contributed by atoms with E-state index in [1.165, 1.54) is 0 Å². The van der Waals surface area contributed by atoms with Crippen molar-refractivity contribution in [3.63, 3.8) is 0 Å². The van der Waals surface area contributed by atoms with Crippen LogP contribution in [0.15, 0.2) is 48.8 Å². The van der Waals surface area contributed by atoms with Crippen LogP contribution in [0.1, 0.15) is 18.2 Å². The molecule has 3 heterocycles. The van der Waals surface area contributed by atoms with Gasteiger partial charge in [-0.1, -0.05) is 13.0 Å². The fourth-order valence-electron chi connectivity index (χ4n) is 2.55. The Hall–Kier alpha value is -3.15. The van der Waals surface area contributed by atoms with Gasteiger partial charge >= 0.3 is 0 Å². The predicted octanol–water partition coefficient (Wildman–Crippen LogP) is 3.41. The number of fused-ring (bicyclic) bond motifs is 1. The second-order valence-corrected chi connectivity index (χ2v) is 5.59. The largest absolute Gasteiger partial charge is 0.473 e. The van der Waals surface area contributed by atoms with E-state index >= 15 is 0 Å².